The molecule has 2 fully saturated rings. The van der Waals surface area contributed by atoms with Crippen LogP contribution in [0.15, 0.2) is 36.4 Å². The van der Waals surface area contributed by atoms with Crippen LogP contribution in [0.25, 0.3) is 11.4 Å². The van der Waals surface area contributed by atoms with Crippen molar-refractivity contribution < 1.29 is 9.53 Å². The van der Waals surface area contributed by atoms with Gasteiger partial charge >= 0.3 is 0 Å². The Hall–Kier alpha value is -3.50. The van der Waals surface area contributed by atoms with Crippen LogP contribution in [0.5, 0.6) is 0 Å². The quantitative estimate of drug-likeness (QED) is 0.489. The number of nitrogens with one attached hydrogen (secondary N) is 1. The molecule has 0 radical (unpaired) electrons. The van der Waals surface area contributed by atoms with Crippen LogP contribution in [0.4, 0.5) is 0 Å². The Labute approximate surface area is 212 Å². The minimum absolute atomic E-state index is 0.0965. The van der Waals surface area contributed by atoms with E-state index in [1.807, 2.05) is 23.1 Å². The lowest BCUT2D eigenvalue weighted by Crippen LogP contribution is -2.38. The number of hydrogen-bond acceptors (Lipinski definition) is 5. The number of aryl methyl sites for hydroxylation is 1. The van der Waals surface area contributed by atoms with Gasteiger partial charge in [0.05, 0.1) is 11.6 Å². The van der Waals surface area contributed by atoms with Crippen LogP contribution in [0.2, 0.25) is 0 Å². The maximum atomic E-state index is 13.8. The van der Waals surface area contributed by atoms with Gasteiger partial charge in [-0.2, -0.15) is 10.4 Å². The molecule has 1 aromatic heterocycles. The number of likely N-dealkylation sites (tertiary alicyclic amines) is 1. The van der Waals surface area contributed by atoms with Crippen LogP contribution in [-0.2, 0) is 17.8 Å². The Bertz CT molecular complexity index is 1260. The molecule has 1 aliphatic heterocycles. The summed E-state index contributed by atoms with van der Waals surface area (Å²) < 4.78 is 5.21. The van der Waals surface area contributed by atoms with Crippen molar-refractivity contribution in [2.24, 2.45) is 0 Å². The first kappa shape index (κ1) is 24.2. The second kappa shape index (κ2) is 10.6. The predicted octanol–water partition coefficient (Wildman–Crippen LogP) is 5.34. The van der Waals surface area contributed by atoms with E-state index in [0.717, 1.165) is 49.0 Å². The molecule has 1 amide bonds. The van der Waals surface area contributed by atoms with E-state index in [9.17, 15) is 4.79 Å². The zero-order valence-corrected chi connectivity index (χ0v) is 21.1. The van der Waals surface area contributed by atoms with Gasteiger partial charge in [-0.25, -0.2) is 4.98 Å². The third kappa shape index (κ3) is 4.78. The lowest BCUT2D eigenvalue weighted by Gasteiger charge is -2.33. The van der Waals surface area contributed by atoms with Crippen molar-refractivity contribution in [3.63, 3.8) is 0 Å². The van der Waals surface area contributed by atoms with Crippen LogP contribution in [-0.4, -0.2) is 46.2 Å². The van der Waals surface area contributed by atoms with Gasteiger partial charge in [0.25, 0.3) is 5.91 Å². The Morgan fingerprint density at radius 1 is 1.14 bits per heavy atom. The number of aromatic nitrogens is 3. The number of hydrogen-bond donors (Lipinski definition) is 1. The van der Waals surface area contributed by atoms with Gasteiger partial charge in [-0.3, -0.25) is 9.89 Å². The highest BCUT2D eigenvalue weighted by Crippen LogP contribution is 2.42. The standard InChI is InChI=1S/C29H33N5O2/c1-3-20-15-24(23-5-4-6-23)26(28-31-27(18-36-2)32-33-28)16-25(20)29(35)34-13-11-22(12-14-34)21-9-7-19(17-30)8-10-21/h7-10,15-16,22-23H,3-6,11-14,18H2,1-2H3,(H,31,32,33). The first-order valence-electron chi connectivity index (χ1n) is 13.0. The van der Waals surface area contributed by atoms with Crippen LogP contribution < -0.4 is 0 Å². The first-order chi connectivity index (χ1) is 17.6. The van der Waals surface area contributed by atoms with Crippen LogP contribution >= 0.6 is 0 Å². The van der Waals surface area contributed by atoms with E-state index in [1.165, 1.54) is 30.4 Å². The Kier molecular flexibility index (Phi) is 7.15. The van der Waals surface area contributed by atoms with Crippen LogP contribution in [0.1, 0.15) is 89.3 Å². The third-order valence-electron chi connectivity index (χ3n) is 7.78. The molecule has 0 atom stereocenters. The largest absolute Gasteiger partial charge is 0.377 e. The molecule has 2 heterocycles. The molecule has 36 heavy (non-hydrogen) atoms. The SMILES string of the molecule is CCc1cc(C2CCC2)c(-c2n[nH]c(COC)n2)cc1C(=O)N1CCC(c2ccc(C#N)cc2)CC1. The van der Waals surface area contributed by atoms with Gasteiger partial charge < -0.3 is 9.64 Å². The number of carbonyl (C=O) groups is 1. The maximum Gasteiger partial charge on any atom is 0.254 e. The van der Waals surface area contributed by atoms with E-state index in [0.29, 0.717) is 35.7 Å². The molecule has 0 bridgehead atoms. The number of nitrogens with zero attached hydrogens (tertiary/aromatic N) is 4. The minimum atomic E-state index is 0.0965. The fourth-order valence-corrected chi connectivity index (χ4v) is 5.44. The van der Waals surface area contributed by atoms with Gasteiger partial charge in [-0.05, 0) is 78.8 Å². The number of aromatic amines is 1. The Morgan fingerprint density at radius 3 is 2.50 bits per heavy atom. The molecule has 1 saturated carbocycles. The molecule has 1 aliphatic carbocycles. The normalized spacial score (nSPS) is 16.5. The molecule has 5 rings (SSSR count). The Balaban J connectivity index is 1.39. The fourth-order valence-electron chi connectivity index (χ4n) is 5.44. The zero-order valence-electron chi connectivity index (χ0n) is 21.1. The van der Waals surface area contributed by atoms with Crippen LogP contribution in [0.3, 0.4) is 0 Å². The molecule has 2 aromatic carbocycles. The van der Waals surface area contributed by atoms with Crippen molar-refractivity contribution in [3.8, 4) is 17.5 Å². The molecule has 0 spiro atoms. The van der Waals surface area contributed by atoms with Gasteiger partial charge in [-0.15, -0.1) is 0 Å². The highest BCUT2D eigenvalue weighted by molar-refractivity contribution is 5.97. The molecule has 3 aromatic rings. The highest BCUT2D eigenvalue weighted by Gasteiger charge is 2.30. The molecule has 1 N–H and O–H groups in total. The molecular formula is C29H33N5O2. The van der Waals surface area contributed by atoms with E-state index in [1.54, 1.807) is 7.11 Å². The van der Waals surface area contributed by atoms with Gasteiger partial charge in [0.1, 0.15) is 6.61 Å². The number of carbonyl (C=O) groups excluding carboxylic acids is 1. The topological polar surface area (TPSA) is 94.9 Å². The second-order valence-electron chi connectivity index (χ2n) is 9.92. The summed E-state index contributed by atoms with van der Waals surface area (Å²) >= 11 is 0. The Morgan fingerprint density at radius 2 is 1.89 bits per heavy atom. The summed E-state index contributed by atoms with van der Waals surface area (Å²) in [7, 11) is 1.64. The minimum Gasteiger partial charge on any atom is -0.377 e. The van der Waals surface area contributed by atoms with E-state index >= 15 is 0 Å². The van der Waals surface area contributed by atoms with E-state index in [2.05, 4.69) is 46.4 Å². The van der Waals surface area contributed by atoms with E-state index in [-0.39, 0.29) is 5.91 Å². The molecule has 7 nitrogen and oxygen atoms in total. The average Bonchev–Trinajstić information content (AvgIpc) is 3.36. The van der Waals surface area contributed by atoms with Gasteiger partial charge in [0, 0.05) is 31.3 Å². The van der Waals surface area contributed by atoms with Crippen molar-refractivity contribution in [3.05, 3.63) is 70.0 Å². The average molecular weight is 484 g/mol. The summed E-state index contributed by atoms with van der Waals surface area (Å²) in [5, 5.41) is 16.5. The van der Waals surface area contributed by atoms with Gasteiger partial charge in [0.15, 0.2) is 11.6 Å². The molecule has 7 heteroatoms. The van der Waals surface area contributed by atoms with Gasteiger partial charge in [-0.1, -0.05) is 31.5 Å². The van der Waals surface area contributed by atoms with Crippen molar-refractivity contribution in [1.29, 1.82) is 5.26 Å². The molecule has 186 valence electrons. The number of rotatable bonds is 7. The third-order valence-corrected chi connectivity index (χ3v) is 7.78. The number of H-pyrrole nitrogens is 1. The highest BCUT2D eigenvalue weighted by atomic mass is 16.5. The lowest BCUT2D eigenvalue weighted by atomic mass is 9.76. The van der Waals surface area contributed by atoms with Crippen molar-refractivity contribution in [1.82, 2.24) is 20.1 Å². The summed E-state index contributed by atoms with van der Waals surface area (Å²) in [5.41, 5.74) is 6.03. The van der Waals surface area contributed by atoms with Crippen LogP contribution in [0, 0.1) is 11.3 Å². The van der Waals surface area contributed by atoms with Gasteiger partial charge in [0.2, 0.25) is 0 Å². The summed E-state index contributed by atoms with van der Waals surface area (Å²) in [4.78, 5) is 20.4. The van der Waals surface area contributed by atoms with Crippen molar-refractivity contribution in [2.45, 2.75) is 63.9 Å². The van der Waals surface area contributed by atoms with Crippen molar-refractivity contribution >= 4 is 5.91 Å². The number of benzene rings is 2. The number of ether oxygens (including phenoxy) is 1. The van der Waals surface area contributed by atoms with Crippen molar-refractivity contribution in [2.75, 3.05) is 20.2 Å². The summed E-state index contributed by atoms with van der Waals surface area (Å²) in [5.74, 6) is 2.34. The number of nitriles is 1. The van der Waals surface area contributed by atoms with E-state index < -0.39 is 0 Å². The smallest absolute Gasteiger partial charge is 0.254 e. The fraction of sp³-hybridized carbons (Fsp3) is 0.448. The first-order valence-corrected chi connectivity index (χ1v) is 13.0. The second-order valence-corrected chi connectivity index (χ2v) is 9.92. The number of piperidine rings is 1. The maximum absolute atomic E-state index is 13.8. The predicted molar refractivity (Wildman–Crippen MR) is 138 cm³/mol. The number of methoxy groups -OCH3 is 1. The lowest BCUT2D eigenvalue weighted by molar-refractivity contribution is 0.0712. The summed E-state index contributed by atoms with van der Waals surface area (Å²) in [6, 6.07) is 14.3. The summed E-state index contributed by atoms with van der Waals surface area (Å²) in [6.07, 6.45) is 6.24. The molecule has 1 saturated heterocycles. The molecule has 2 aliphatic rings. The summed E-state index contributed by atoms with van der Waals surface area (Å²) in [6.45, 7) is 3.95. The zero-order chi connectivity index (χ0) is 25.1. The van der Waals surface area contributed by atoms with E-state index in [4.69, 9.17) is 10.00 Å². The molecule has 0 unspecified atom stereocenters. The number of amides is 1. The monoisotopic (exact) mass is 483 g/mol. The molecular weight excluding hydrogens is 450 g/mol.